The van der Waals surface area contributed by atoms with Crippen LogP contribution in [0.15, 0.2) is 23.1 Å². The molecule has 0 bridgehead atoms. The lowest BCUT2D eigenvalue weighted by Crippen LogP contribution is -2.41. The predicted molar refractivity (Wildman–Crippen MR) is 80.8 cm³/mol. The minimum atomic E-state index is -3.38. The van der Waals surface area contributed by atoms with Crippen LogP contribution in [0.3, 0.4) is 0 Å². The van der Waals surface area contributed by atoms with Gasteiger partial charge in [0.25, 0.3) is 0 Å². The van der Waals surface area contributed by atoms with Gasteiger partial charge in [0.15, 0.2) is 0 Å². The Balaban J connectivity index is 2.27. The van der Waals surface area contributed by atoms with Crippen LogP contribution < -0.4 is 5.73 Å². The Hall–Kier alpha value is -0.910. The van der Waals surface area contributed by atoms with E-state index in [2.05, 4.69) is 13.8 Å². The van der Waals surface area contributed by atoms with E-state index < -0.39 is 10.0 Å². The van der Waals surface area contributed by atoms with Crippen LogP contribution in [0.1, 0.15) is 37.8 Å². The minimum absolute atomic E-state index is 0.238. The first-order chi connectivity index (χ1) is 9.26. The van der Waals surface area contributed by atoms with Gasteiger partial charge in [0.1, 0.15) is 0 Å². The molecule has 1 heterocycles. The van der Waals surface area contributed by atoms with Gasteiger partial charge in [-0.3, -0.25) is 0 Å². The van der Waals surface area contributed by atoms with Crippen LogP contribution in [0, 0.1) is 12.3 Å². The highest BCUT2D eigenvalue weighted by atomic mass is 32.2. The topological polar surface area (TPSA) is 63.4 Å². The van der Waals surface area contributed by atoms with E-state index in [1.165, 1.54) is 0 Å². The van der Waals surface area contributed by atoms with E-state index in [1.807, 2.05) is 13.0 Å². The molecule has 0 atom stereocenters. The van der Waals surface area contributed by atoms with E-state index in [1.54, 1.807) is 16.4 Å². The molecule has 5 heteroatoms. The lowest BCUT2D eigenvalue weighted by atomic mass is 9.83. The van der Waals surface area contributed by atoms with Crippen molar-refractivity contribution in [3.8, 4) is 0 Å². The average Bonchev–Trinajstić information content (AvgIpc) is 2.38. The number of nitrogens with two attached hydrogens (primary N) is 1. The quantitative estimate of drug-likeness (QED) is 0.930. The second-order valence-corrected chi connectivity index (χ2v) is 8.30. The number of nitrogens with zero attached hydrogens (tertiary/aromatic N) is 1. The Labute approximate surface area is 122 Å². The molecule has 0 aromatic heterocycles. The van der Waals surface area contributed by atoms with Crippen molar-refractivity contribution in [3.05, 3.63) is 29.3 Å². The zero-order valence-electron chi connectivity index (χ0n) is 12.5. The van der Waals surface area contributed by atoms with E-state index >= 15 is 0 Å². The Morgan fingerprint density at radius 1 is 1.25 bits per heavy atom. The van der Waals surface area contributed by atoms with Crippen molar-refractivity contribution in [2.24, 2.45) is 11.1 Å². The van der Waals surface area contributed by atoms with E-state index in [-0.39, 0.29) is 5.41 Å². The summed E-state index contributed by atoms with van der Waals surface area (Å²) in [5.41, 5.74) is 7.83. The zero-order valence-corrected chi connectivity index (χ0v) is 13.3. The summed E-state index contributed by atoms with van der Waals surface area (Å²) in [6.45, 7) is 7.89. The summed E-state index contributed by atoms with van der Waals surface area (Å²) in [6, 6.07) is 5.23. The van der Waals surface area contributed by atoms with Crippen LogP contribution in [-0.2, 0) is 16.6 Å². The Bertz CT molecular complexity index is 584. The molecule has 1 aliphatic heterocycles. The fraction of sp³-hybridized carbons (Fsp3) is 0.600. The van der Waals surface area contributed by atoms with Crippen molar-refractivity contribution in [1.29, 1.82) is 0 Å². The zero-order chi connectivity index (χ0) is 15.0. The van der Waals surface area contributed by atoms with E-state index in [9.17, 15) is 8.42 Å². The molecular formula is C15H24N2O2S. The van der Waals surface area contributed by atoms with Gasteiger partial charge in [-0.1, -0.05) is 19.9 Å². The highest BCUT2D eigenvalue weighted by molar-refractivity contribution is 7.89. The monoisotopic (exact) mass is 296 g/mol. The summed E-state index contributed by atoms with van der Waals surface area (Å²) in [4.78, 5) is 0.364. The molecule has 1 aliphatic rings. The third kappa shape index (κ3) is 3.05. The maximum atomic E-state index is 12.7. The summed E-state index contributed by atoms with van der Waals surface area (Å²) in [5, 5.41) is 0. The Kier molecular flexibility index (Phi) is 4.23. The number of sulfonamides is 1. The first-order valence-corrected chi connectivity index (χ1v) is 8.50. The maximum absolute atomic E-state index is 12.7. The molecule has 1 aromatic carbocycles. The molecule has 1 fully saturated rings. The maximum Gasteiger partial charge on any atom is 0.243 e. The standard InChI is InChI=1S/C15H24N2O2S/c1-12-4-5-14(10-13(12)11-16)20(18,19)17-8-6-15(2,3)7-9-17/h4-5,10H,6-9,11,16H2,1-3H3. The SMILES string of the molecule is Cc1ccc(S(=O)(=O)N2CCC(C)(C)CC2)cc1CN. The molecule has 2 N–H and O–H groups in total. The van der Waals surface area contributed by atoms with Gasteiger partial charge in [-0.25, -0.2) is 8.42 Å². The van der Waals surface area contributed by atoms with Crippen LogP contribution in [0.25, 0.3) is 0 Å². The van der Waals surface area contributed by atoms with Gasteiger partial charge in [0.05, 0.1) is 4.90 Å². The number of aryl methyl sites for hydroxylation is 1. The van der Waals surface area contributed by atoms with Crippen LogP contribution in [0.2, 0.25) is 0 Å². The number of rotatable bonds is 3. The molecule has 20 heavy (non-hydrogen) atoms. The highest BCUT2D eigenvalue weighted by Crippen LogP contribution is 2.32. The molecule has 1 saturated heterocycles. The number of hydrogen-bond acceptors (Lipinski definition) is 3. The van der Waals surface area contributed by atoms with Crippen molar-refractivity contribution in [2.45, 2.75) is 45.1 Å². The second-order valence-electron chi connectivity index (χ2n) is 6.36. The van der Waals surface area contributed by atoms with Crippen molar-refractivity contribution in [2.75, 3.05) is 13.1 Å². The van der Waals surface area contributed by atoms with Gasteiger partial charge >= 0.3 is 0 Å². The largest absolute Gasteiger partial charge is 0.326 e. The Morgan fingerprint density at radius 2 is 1.85 bits per heavy atom. The van der Waals surface area contributed by atoms with Crippen molar-refractivity contribution in [1.82, 2.24) is 4.31 Å². The summed E-state index contributed by atoms with van der Waals surface area (Å²) >= 11 is 0. The molecule has 0 aliphatic carbocycles. The van der Waals surface area contributed by atoms with Gasteiger partial charge in [0.2, 0.25) is 10.0 Å². The van der Waals surface area contributed by atoms with Crippen LogP contribution >= 0.6 is 0 Å². The van der Waals surface area contributed by atoms with Crippen LogP contribution in [0.5, 0.6) is 0 Å². The van der Waals surface area contributed by atoms with Gasteiger partial charge < -0.3 is 5.73 Å². The highest BCUT2D eigenvalue weighted by Gasteiger charge is 2.32. The van der Waals surface area contributed by atoms with Gasteiger partial charge in [-0.15, -0.1) is 0 Å². The van der Waals surface area contributed by atoms with Gasteiger partial charge in [0, 0.05) is 19.6 Å². The van der Waals surface area contributed by atoms with Gasteiger partial charge in [-0.2, -0.15) is 4.31 Å². The number of piperidine rings is 1. The molecule has 1 aromatic rings. The third-order valence-electron chi connectivity index (χ3n) is 4.25. The van der Waals surface area contributed by atoms with E-state index in [0.717, 1.165) is 24.0 Å². The van der Waals surface area contributed by atoms with Crippen LogP contribution in [-0.4, -0.2) is 25.8 Å². The van der Waals surface area contributed by atoms with Crippen LogP contribution in [0.4, 0.5) is 0 Å². The van der Waals surface area contributed by atoms with Crippen molar-refractivity contribution >= 4 is 10.0 Å². The third-order valence-corrected chi connectivity index (χ3v) is 6.15. The lowest BCUT2D eigenvalue weighted by Gasteiger charge is -2.36. The van der Waals surface area contributed by atoms with Crippen molar-refractivity contribution in [3.63, 3.8) is 0 Å². The predicted octanol–water partition coefficient (Wildman–Crippen LogP) is 2.26. The first-order valence-electron chi connectivity index (χ1n) is 7.06. The summed E-state index contributed by atoms with van der Waals surface area (Å²) < 4.78 is 26.9. The fourth-order valence-corrected chi connectivity index (χ4v) is 4.00. The molecular weight excluding hydrogens is 272 g/mol. The van der Waals surface area contributed by atoms with E-state index in [4.69, 9.17) is 5.73 Å². The lowest BCUT2D eigenvalue weighted by molar-refractivity contribution is 0.196. The summed E-state index contributed by atoms with van der Waals surface area (Å²) in [6.07, 6.45) is 1.81. The molecule has 0 unspecified atom stereocenters. The molecule has 0 amide bonds. The molecule has 0 saturated carbocycles. The molecule has 0 radical (unpaired) electrons. The molecule has 0 spiro atoms. The summed E-state index contributed by atoms with van der Waals surface area (Å²) in [7, 11) is -3.38. The Morgan fingerprint density at radius 3 is 2.40 bits per heavy atom. The van der Waals surface area contributed by atoms with E-state index in [0.29, 0.717) is 24.5 Å². The average molecular weight is 296 g/mol. The smallest absolute Gasteiger partial charge is 0.243 e. The number of hydrogen-bond donors (Lipinski definition) is 1. The molecule has 112 valence electrons. The van der Waals surface area contributed by atoms with Gasteiger partial charge in [-0.05, 0) is 48.4 Å². The normalized spacial score (nSPS) is 20.0. The summed E-state index contributed by atoms with van der Waals surface area (Å²) in [5.74, 6) is 0. The molecule has 4 nitrogen and oxygen atoms in total. The first kappa shape index (κ1) is 15.5. The number of benzene rings is 1. The van der Waals surface area contributed by atoms with Crippen molar-refractivity contribution < 1.29 is 8.42 Å². The second kappa shape index (κ2) is 5.47. The minimum Gasteiger partial charge on any atom is -0.326 e. The fourth-order valence-electron chi connectivity index (χ4n) is 2.51. The molecule has 2 rings (SSSR count).